The number of nitrogens with zero attached hydrogens (tertiary/aromatic N) is 1. The molecule has 2 aromatic carbocycles. The number of benzene rings is 2. The van der Waals surface area contributed by atoms with Gasteiger partial charge in [0.25, 0.3) is 11.6 Å². The fraction of sp³-hybridized carbons (Fsp3) is 0.125. The van der Waals surface area contributed by atoms with E-state index in [9.17, 15) is 24.8 Å². The summed E-state index contributed by atoms with van der Waals surface area (Å²) in [5.74, 6) is -1.70. The highest BCUT2D eigenvalue weighted by Crippen LogP contribution is 2.24. The average molecular weight is 346 g/mol. The summed E-state index contributed by atoms with van der Waals surface area (Å²) in [4.78, 5) is 34.0. The standard InChI is InChI=1S/C16H14N2O7/c1-24-10-6-7-14(19)11(8-10)16(21)25-9-15(20)17-12-4-2-3-5-13(12)18(22)23/h2-8,19H,9H2,1H3,(H,17,20). The number of phenols is 1. The number of nitro benzene ring substituents is 1. The number of hydrogen-bond acceptors (Lipinski definition) is 7. The molecule has 0 aliphatic rings. The number of esters is 1. The summed E-state index contributed by atoms with van der Waals surface area (Å²) in [7, 11) is 1.39. The van der Waals surface area contributed by atoms with Gasteiger partial charge in [-0.05, 0) is 24.3 Å². The van der Waals surface area contributed by atoms with Gasteiger partial charge in [0.15, 0.2) is 6.61 Å². The monoisotopic (exact) mass is 346 g/mol. The first kappa shape index (κ1) is 17.7. The number of anilines is 1. The van der Waals surface area contributed by atoms with Crippen molar-refractivity contribution in [3.8, 4) is 11.5 Å². The second-order valence-electron chi connectivity index (χ2n) is 4.78. The minimum absolute atomic E-state index is 0.0159. The van der Waals surface area contributed by atoms with E-state index in [0.29, 0.717) is 5.75 Å². The first-order chi connectivity index (χ1) is 11.9. The topological polar surface area (TPSA) is 128 Å². The number of rotatable bonds is 6. The molecule has 0 aliphatic carbocycles. The Morgan fingerprint density at radius 3 is 2.64 bits per heavy atom. The van der Waals surface area contributed by atoms with Crippen LogP contribution in [0, 0.1) is 10.1 Å². The van der Waals surface area contributed by atoms with Crippen LogP contribution in [0.3, 0.4) is 0 Å². The van der Waals surface area contributed by atoms with E-state index in [-0.39, 0.29) is 22.7 Å². The van der Waals surface area contributed by atoms with E-state index in [1.165, 1.54) is 49.6 Å². The molecule has 9 heteroatoms. The lowest BCUT2D eigenvalue weighted by Gasteiger charge is -2.09. The third-order valence-corrected chi connectivity index (χ3v) is 3.13. The number of nitro groups is 1. The molecule has 0 heterocycles. The minimum Gasteiger partial charge on any atom is -0.507 e. The summed E-state index contributed by atoms with van der Waals surface area (Å²) in [6.07, 6.45) is 0. The maximum Gasteiger partial charge on any atom is 0.342 e. The highest BCUT2D eigenvalue weighted by Gasteiger charge is 2.18. The van der Waals surface area contributed by atoms with Crippen LogP contribution in [0.5, 0.6) is 11.5 Å². The Labute approximate surface area is 141 Å². The molecule has 0 saturated heterocycles. The van der Waals surface area contributed by atoms with E-state index in [2.05, 4.69) is 5.32 Å². The Hall–Kier alpha value is -3.62. The van der Waals surface area contributed by atoms with Crippen LogP contribution in [0.15, 0.2) is 42.5 Å². The van der Waals surface area contributed by atoms with Crippen molar-refractivity contribution in [1.29, 1.82) is 0 Å². The number of amides is 1. The van der Waals surface area contributed by atoms with Gasteiger partial charge in [-0.1, -0.05) is 12.1 Å². The van der Waals surface area contributed by atoms with E-state index >= 15 is 0 Å². The summed E-state index contributed by atoms with van der Waals surface area (Å²) < 4.78 is 9.74. The minimum atomic E-state index is -0.936. The molecule has 2 aromatic rings. The summed E-state index contributed by atoms with van der Waals surface area (Å²) in [6.45, 7) is -0.679. The van der Waals surface area contributed by atoms with E-state index in [4.69, 9.17) is 9.47 Å². The second-order valence-corrected chi connectivity index (χ2v) is 4.78. The van der Waals surface area contributed by atoms with Crippen molar-refractivity contribution >= 4 is 23.3 Å². The number of para-hydroxylation sites is 2. The predicted molar refractivity (Wildman–Crippen MR) is 86.7 cm³/mol. The number of methoxy groups -OCH3 is 1. The second kappa shape index (κ2) is 7.77. The van der Waals surface area contributed by atoms with Gasteiger partial charge in [-0.15, -0.1) is 0 Å². The number of hydrogen-bond donors (Lipinski definition) is 2. The zero-order chi connectivity index (χ0) is 18.4. The van der Waals surface area contributed by atoms with Gasteiger partial charge in [0.05, 0.1) is 12.0 Å². The highest BCUT2D eigenvalue weighted by molar-refractivity contribution is 5.97. The normalized spacial score (nSPS) is 9.96. The SMILES string of the molecule is COc1ccc(O)c(C(=O)OCC(=O)Nc2ccccc2[N+](=O)[O-])c1. The Kier molecular flexibility index (Phi) is 5.51. The molecule has 130 valence electrons. The lowest BCUT2D eigenvalue weighted by molar-refractivity contribution is -0.383. The molecule has 0 fully saturated rings. The summed E-state index contributed by atoms with van der Waals surface area (Å²) >= 11 is 0. The zero-order valence-electron chi connectivity index (χ0n) is 13.1. The van der Waals surface area contributed by atoms with E-state index in [1.807, 2.05) is 0 Å². The molecule has 0 spiro atoms. The van der Waals surface area contributed by atoms with Gasteiger partial charge in [0.1, 0.15) is 22.7 Å². The smallest absolute Gasteiger partial charge is 0.342 e. The Morgan fingerprint density at radius 1 is 1.24 bits per heavy atom. The summed E-state index contributed by atoms with van der Waals surface area (Å²) in [6, 6.07) is 9.53. The fourth-order valence-electron chi connectivity index (χ4n) is 1.94. The predicted octanol–water partition coefficient (Wildman–Crippen LogP) is 2.10. The Balaban J connectivity index is 2.01. The van der Waals surface area contributed by atoms with Gasteiger partial charge >= 0.3 is 5.97 Å². The maximum absolute atomic E-state index is 11.9. The lowest BCUT2D eigenvalue weighted by Crippen LogP contribution is -2.21. The number of nitrogens with one attached hydrogen (secondary N) is 1. The molecule has 0 radical (unpaired) electrons. The lowest BCUT2D eigenvalue weighted by atomic mass is 10.2. The summed E-state index contributed by atoms with van der Waals surface area (Å²) in [5, 5.41) is 22.8. The first-order valence-electron chi connectivity index (χ1n) is 6.99. The number of ether oxygens (including phenoxy) is 2. The molecule has 2 rings (SSSR count). The molecule has 0 bridgehead atoms. The van der Waals surface area contributed by atoms with Crippen molar-refractivity contribution in [2.75, 3.05) is 19.0 Å². The average Bonchev–Trinajstić information content (AvgIpc) is 2.60. The molecule has 2 N–H and O–H groups in total. The molecule has 0 aromatic heterocycles. The first-order valence-corrected chi connectivity index (χ1v) is 6.99. The molecule has 9 nitrogen and oxygen atoms in total. The number of carbonyl (C=O) groups is 2. The van der Waals surface area contributed by atoms with Crippen molar-refractivity contribution in [1.82, 2.24) is 0 Å². The third kappa shape index (κ3) is 4.44. The van der Waals surface area contributed by atoms with E-state index in [1.54, 1.807) is 0 Å². The largest absolute Gasteiger partial charge is 0.507 e. The fourth-order valence-corrected chi connectivity index (χ4v) is 1.94. The van der Waals surface area contributed by atoms with Crippen LogP contribution in [0.2, 0.25) is 0 Å². The maximum atomic E-state index is 11.9. The van der Waals surface area contributed by atoms with E-state index < -0.39 is 23.4 Å². The van der Waals surface area contributed by atoms with Crippen molar-refractivity contribution in [3.05, 3.63) is 58.1 Å². The molecular formula is C16H14N2O7. The van der Waals surface area contributed by atoms with Crippen LogP contribution in [0.25, 0.3) is 0 Å². The van der Waals surface area contributed by atoms with Crippen molar-refractivity contribution < 1.29 is 29.1 Å². The molecular weight excluding hydrogens is 332 g/mol. The summed E-state index contributed by atoms with van der Waals surface area (Å²) in [5.41, 5.74) is -0.469. The molecule has 0 aliphatic heterocycles. The van der Waals surface area contributed by atoms with E-state index in [0.717, 1.165) is 0 Å². The van der Waals surface area contributed by atoms with Crippen molar-refractivity contribution in [2.24, 2.45) is 0 Å². The number of aromatic hydroxyl groups is 1. The van der Waals surface area contributed by atoms with Crippen LogP contribution in [0.4, 0.5) is 11.4 Å². The van der Waals surface area contributed by atoms with Crippen LogP contribution in [-0.2, 0) is 9.53 Å². The van der Waals surface area contributed by atoms with Crippen LogP contribution >= 0.6 is 0 Å². The van der Waals surface area contributed by atoms with Crippen molar-refractivity contribution in [3.63, 3.8) is 0 Å². The Bertz CT molecular complexity index is 820. The zero-order valence-corrected chi connectivity index (χ0v) is 13.1. The van der Waals surface area contributed by atoms with Gasteiger partial charge in [-0.25, -0.2) is 4.79 Å². The van der Waals surface area contributed by atoms with Gasteiger partial charge in [-0.3, -0.25) is 14.9 Å². The van der Waals surface area contributed by atoms with Crippen LogP contribution in [-0.4, -0.2) is 35.6 Å². The highest BCUT2D eigenvalue weighted by atomic mass is 16.6. The van der Waals surface area contributed by atoms with Gasteiger partial charge < -0.3 is 19.9 Å². The quantitative estimate of drug-likeness (QED) is 0.465. The Morgan fingerprint density at radius 2 is 1.96 bits per heavy atom. The van der Waals surface area contributed by atoms with Gasteiger partial charge in [0.2, 0.25) is 0 Å². The molecule has 0 saturated carbocycles. The van der Waals surface area contributed by atoms with Crippen LogP contribution in [0.1, 0.15) is 10.4 Å². The van der Waals surface area contributed by atoms with Crippen LogP contribution < -0.4 is 10.1 Å². The molecule has 0 atom stereocenters. The van der Waals surface area contributed by atoms with Gasteiger partial charge in [0, 0.05) is 6.07 Å². The molecule has 0 unspecified atom stereocenters. The molecule has 25 heavy (non-hydrogen) atoms. The number of carbonyl (C=O) groups excluding carboxylic acids is 2. The van der Waals surface area contributed by atoms with Gasteiger partial charge in [-0.2, -0.15) is 0 Å². The third-order valence-electron chi connectivity index (χ3n) is 3.13. The molecule has 1 amide bonds. The van der Waals surface area contributed by atoms with Crippen molar-refractivity contribution in [2.45, 2.75) is 0 Å². The number of phenolic OH excluding ortho intramolecular Hbond substituents is 1.